The van der Waals surface area contributed by atoms with Gasteiger partial charge in [0.05, 0.1) is 6.20 Å². The van der Waals surface area contributed by atoms with Crippen molar-refractivity contribution in [3.05, 3.63) is 12.4 Å². The lowest BCUT2D eigenvalue weighted by Crippen LogP contribution is -2.45. The standard InChI is InChI=1S/C12H20ClN3O2S2/c1-12(2)10-16(6-7-19-12)20(17,18)11-8-14-15(9-11)5-3-4-13/h8-9H,3-7,10H2,1-2H3. The van der Waals surface area contributed by atoms with Crippen LogP contribution in [0.4, 0.5) is 0 Å². The fraction of sp³-hybridized carbons (Fsp3) is 0.750. The molecule has 1 fully saturated rings. The number of alkyl halides is 1. The summed E-state index contributed by atoms with van der Waals surface area (Å²) in [6, 6.07) is 0. The van der Waals surface area contributed by atoms with Crippen molar-refractivity contribution in [2.75, 3.05) is 24.7 Å². The van der Waals surface area contributed by atoms with Gasteiger partial charge >= 0.3 is 0 Å². The van der Waals surface area contributed by atoms with Crippen molar-refractivity contribution < 1.29 is 8.42 Å². The van der Waals surface area contributed by atoms with Crippen molar-refractivity contribution in [1.29, 1.82) is 0 Å². The second-order valence-corrected chi connectivity index (χ2v) is 9.55. The first-order chi connectivity index (χ1) is 9.35. The van der Waals surface area contributed by atoms with Crippen LogP contribution >= 0.6 is 23.4 Å². The number of rotatable bonds is 5. The maximum Gasteiger partial charge on any atom is 0.246 e. The van der Waals surface area contributed by atoms with Gasteiger partial charge in [-0.15, -0.1) is 11.6 Å². The summed E-state index contributed by atoms with van der Waals surface area (Å²) in [6.07, 6.45) is 3.80. The number of aromatic nitrogens is 2. The van der Waals surface area contributed by atoms with Crippen LogP contribution in [-0.4, -0.2) is 52.0 Å². The molecule has 0 N–H and O–H groups in total. The van der Waals surface area contributed by atoms with Gasteiger partial charge in [0, 0.05) is 42.2 Å². The van der Waals surface area contributed by atoms with Gasteiger partial charge in [0.1, 0.15) is 4.90 Å². The number of sulfonamides is 1. The monoisotopic (exact) mass is 337 g/mol. The van der Waals surface area contributed by atoms with Crippen LogP contribution in [0.3, 0.4) is 0 Å². The molecule has 2 heterocycles. The van der Waals surface area contributed by atoms with E-state index in [0.29, 0.717) is 25.5 Å². The normalized spacial score (nSPS) is 20.1. The van der Waals surface area contributed by atoms with E-state index in [1.54, 1.807) is 15.2 Å². The molecule has 0 bridgehead atoms. The molecule has 0 atom stereocenters. The predicted octanol–water partition coefficient (Wildman–Crippen LogP) is 2.03. The first-order valence-corrected chi connectivity index (χ1v) is 9.54. The number of thioether (sulfide) groups is 1. The van der Waals surface area contributed by atoms with Crippen LogP contribution in [0.1, 0.15) is 20.3 Å². The zero-order chi connectivity index (χ0) is 14.8. The molecule has 1 saturated heterocycles. The maximum absolute atomic E-state index is 12.6. The van der Waals surface area contributed by atoms with Crippen molar-refractivity contribution in [1.82, 2.24) is 14.1 Å². The molecule has 1 aromatic rings. The van der Waals surface area contributed by atoms with Crippen LogP contribution < -0.4 is 0 Å². The summed E-state index contributed by atoms with van der Waals surface area (Å²) in [4.78, 5) is 0.273. The third kappa shape index (κ3) is 3.69. The van der Waals surface area contributed by atoms with E-state index >= 15 is 0 Å². The summed E-state index contributed by atoms with van der Waals surface area (Å²) in [6.45, 7) is 5.88. The van der Waals surface area contributed by atoms with Crippen molar-refractivity contribution in [2.24, 2.45) is 0 Å². The predicted molar refractivity (Wildman–Crippen MR) is 82.9 cm³/mol. The molecule has 0 radical (unpaired) electrons. The molecule has 0 spiro atoms. The Hall–Kier alpha value is -0.240. The van der Waals surface area contributed by atoms with Gasteiger partial charge in [-0.25, -0.2) is 8.42 Å². The summed E-state index contributed by atoms with van der Waals surface area (Å²) in [5.41, 5.74) is 0. The Balaban J connectivity index is 2.15. The lowest BCUT2D eigenvalue weighted by Gasteiger charge is -2.36. The highest BCUT2D eigenvalue weighted by molar-refractivity contribution is 8.00. The molecule has 1 aliphatic heterocycles. The topological polar surface area (TPSA) is 55.2 Å². The van der Waals surface area contributed by atoms with Crippen molar-refractivity contribution in [3.63, 3.8) is 0 Å². The molecular formula is C12H20ClN3O2S2. The largest absolute Gasteiger partial charge is 0.271 e. The zero-order valence-electron chi connectivity index (χ0n) is 11.7. The summed E-state index contributed by atoms with van der Waals surface area (Å²) in [5, 5.41) is 4.10. The zero-order valence-corrected chi connectivity index (χ0v) is 14.1. The SMILES string of the molecule is CC1(C)CN(S(=O)(=O)c2cnn(CCCCl)c2)CCS1. The van der Waals surface area contributed by atoms with Gasteiger partial charge in [0.2, 0.25) is 10.0 Å². The quantitative estimate of drug-likeness (QED) is 0.771. The Morgan fingerprint density at radius 2 is 2.25 bits per heavy atom. The summed E-state index contributed by atoms with van der Waals surface area (Å²) in [5.74, 6) is 1.37. The van der Waals surface area contributed by atoms with Crippen molar-refractivity contribution >= 4 is 33.4 Å². The van der Waals surface area contributed by atoms with E-state index in [1.807, 2.05) is 11.8 Å². The van der Waals surface area contributed by atoms with E-state index in [2.05, 4.69) is 18.9 Å². The van der Waals surface area contributed by atoms with Crippen LogP contribution in [0, 0.1) is 0 Å². The molecule has 0 unspecified atom stereocenters. The van der Waals surface area contributed by atoms with Gasteiger partial charge in [0.25, 0.3) is 0 Å². The maximum atomic E-state index is 12.6. The lowest BCUT2D eigenvalue weighted by atomic mass is 10.2. The Morgan fingerprint density at radius 1 is 1.50 bits per heavy atom. The molecule has 114 valence electrons. The molecule has 1 aliphatic rings. The lowest BCUT2D eigenvalue weighted by molar-refractivity contribution is 0.387. The second kappa shape index (κ2) is 6.25. The van der Waals surface area contributed by atoms with Crippen molar-refractivity contribution in [2.45, 2.75) is 36.5 Å². The van der Waals surface area contributed by atoms with Crippen LogP contribution in [0.2, 0.25) is 0 Å². The van der Waals surface area contributed by atoms with E-state index in [9.17, 15) is 8.42 Å². The van der Waals surface area contributed by atoms with E-state index in [4.69, 9.17) is 11.6 Å². The van der Waals surface area contributed by atoms with E-state index < -0.39 is 10.0 Å². The average Bonchev–Trinajstić information content (AvgIpc) is 2.84. The molecule has 8 heteroatoms. The van der Waals surface area contributed by atoms with E-state index in [1.165, 1.54) is 6.20 Å². The van der Waals surface area contributed by atoms with E-state index in [0.717, 1.165) is 12.2 Å². The summed E-state index contributed by atoms with van der Waals surface area (Å²) >= 11 is 7.44. The molecule has 0 aliphatic carbocycles. The second-order valence-electron chi connectivity index (χ2n) is 5.43. The van der Waals surface area contributed by atoms with Gasteiger partial charge < -0.3 is 0 Å². The average molecular weight is 338 g/mol. The number of halogens is 1. The minimum absolute atomic E-state index is 0.0417. The minimum atomic E-state index is -3.43. The van der Waals surface area contributed by atoms with Crippen LogP contribution in [0.25, 0.3) is 0 Å². The molecular weight excluding hydrogens is 318 g/mol. The molecule has 0 saturated carbocycles. The summed E-state index contributed by atoms with van der Waals surface area (Å²) < 4.78 is 28.4. The van der Waals surface area contributed by atoms with Gasteiger partial charge in [-0.3, -0.25) is 4.68 Å². The molecule has 2 rings (SSSR count). The van der Waals surface area contributed by atoms with Gasteiger partial charge in [-0.05, 0) is 20.3 Å². The molecule has 0 amide bonds. The fourth-order valence-corrected chi connectivity index (χ4v) is 5.14. The Morgan fingerprint density at radius 3 is 2.90 bits per heavy atom. The Kier molecular flexibility index (Phi) is 5.05. The number of hydrogen-bond donors (Lipinski definition) is 0. The highest BCUT2D eigenvalue weighted by Gasteiger charge is 2.35. The third-order valence-corrected chi connectivity index (χ3v) is 6.52. The first-order valence-electron chi connectivity index (χ1n) is 6.58. The molecule has 1 aromatic heterocycles. The highest BCUT2D eigenvalue weighted by Crippen LogP contribution is 2.32. The van der Waals surface area contributed by atoms with Gasteiger partial charge in [-0.1, -0.05) is 0 Å². The third-order valence-electron chi connectivity index (χ3n) is 3.16. The fourth-order valence-electron chi connectivity index (χ4n) is 2.15. The van der Waals surface area contributed by atoms with Crippen LogP contribution in [-0.2, 0) is 16.6 Å². The van der Waals surface area contributed by atoms with Crippen LogP contribution in [0.5, 0.6) is 0 Å². The number of aryl methyl sites for hydroxylation is 1. The Bertz CT molecular complexity index is 557. The van der Waals surface area contributed by atoms with E-state index in [-0.39, 0.29) is 9.64 Å². The smallest absolute Gasteiger partial charge is 0.246 e. The first kappa shape index (κ1) is 16.1. The van der Waals surface area contributed by atoms with Gasteiger partial charge in [0.15, 0.2) is 0 Å². The van der Waals surface area contributed by atoms with Crippen molar-refractivity contribution in [3.8, 4) is 0 Å². The summed E-state index contributed by atoms with van der Waals surface area (Å²) in [7, 11) is -3.43. The Labute approximate surface area is 129 Å². The van der Waals surface area contributed by atoms with Crippen LogP contribution in [0.15, 0.2) is 17.3 Å². The molecule has 20 heavy (non-hydrogen) atoms. The molecule has 5 nitrogen and oxygen atoms in total. The minimum Gasteiger partial charge on any atom is -0.271 e. The molecule has 0 aromatic carbocycles. The number of nitrogens with zero attached hydrogens (tertiary/aromatic N) is 3. The number of hydrogen-bond acceptors (Lipinski definition) is 4. The van der Waals surface area contributed by atoms with Gasteiger partial charge in [-0.2, -0.15) is 21.2 Å². The highest BCUT2D eigenvalue weighted by atomic mass is 35.5.